The molecule has 0 saturated heterocycles. The Bertz CT molecular complexity index is 641. The molecule has 3 nitrogen and oxygen atoms in total. The molecule has 2 aromatic rings. The molecular formula is C19H23ClN2OS. The summed E-state index contributed by atoms with van der Waals surface area (Å²) in [6.45, 7) is 1.02. The summed E-state index contributed by atoms with van der Waals surface area (Å²) in [4.78, 5) is 15.3. The molecule has 0 spiro atoms. The molecule has 1 amide bonds. The fourth-order valence-electron chi connectivity index (χ4n) is 2.12. The van der Waals surface area contributed by atoms with Crippen molar-refractivity contribution in [2.45, 2.75) is 17.7 Å². The van der Waals surface area contributed by atoms with Gasteiger partial charge in [0.05, 0.1) is 0 Å². The molecule has 0 saturated carbocycles. The number of carbonyl (C=O) groups excluding carboxylic acids is 1. The summed E-state index contributed by atoms with van der Waals surface area (Å²) in [5.74, 6) is 0.784. The lowest BCUT2D eigenvalue weighted by Gasteiger charge is -2.10. The van der Waals surface area contributed by atoms with Gasteiger partial charge in [0.25, 0.3) is 0 Å². The first-order valence-corrected chi connectivity index (χ1v) is 9.31. The highest BCUT2D eigenvalue weighted by Gasteiger charge is 2.04. The van der Waals surface area contributed by atoms with Gasteiger partial charge in [-0.15, -0.1) is 11.8 Å². The van der Waals surface area contributed by atoms with Gasteiger partial charge < -0.3 is 10.2 Å². The van der Waals surface area contributed by atoms with Crippen molar-refractivity contribution >= 4 is 35.0 Å². The predicted octanol–water partition coefficient (Wildman–Crippen LogP) is 4.57. The first-order valence-electron chi connectivity index (χ1n) is 7.95. The first kappa shape index (κ1) is 18.8. The van der Waals surface area contributed by atoms with E-state index in [2.05, 4.69) is 36.4 Å². The number of hydrogen-bond acceptors (Lipinski definition) is 3. The van der Waals surface area contributed by atoms with Crippen molar-refractivity contribution in [3.05, 3.63) is 59.1 Å². The second-order valence-electron chi connectivity index (χ2n) is 5.85. The smallest absolute Gasteiger partial charge is 0.225 e. The lowest BCUT2D eigenvalue weighted by atomic mass is 10.1. The molecule has 0 atom stereocenters. The quantitative estimate of drug-likeness (QED) is 0.698. The SMILES string of the molecule is CN(C)CCc1ccc(NC(=O)CCSc2ccc(Cl)cc2)cc1. The lowest BCUT2D eigenvalue weighted by Crippen LogP contribution is -2.15. The molecule has 0 fully saturated rings. The van der Waals surface area contributed by atoms with E-state index in [1.165, 1.54) is 5.56 Å². The van der Waals surface area contributed by atoms with Crippen LogP contribution in [0, 0.1) is 0 Å². The zero-order valence-electron chi connectivity index (χ0n) is 14.1. The van der Waals surface area contributed by atoms with Gasteiger partial charge in [0.1, 0.15) is 0 Å². The average Bonchev–Trinajstić information content (AvgIpc) is 2.56. The highest BCUT2D eigenvalue weighted by atomic mass is 35.5. The van der Waals surface area contributed by atoms with E-state index in [1.807, 2.05) is 36.4 Å². The van der Waals surface area contributed by atoms with Gasteiger partial charge in [0.2, 0.25) is 5.91 Å². The van der Waals surface area contributed by atoms with Crippen LogP contribution in [0.1, 0.15) is 12.0 Å². The van der Waals surface area contributed by atoms with Crippen LogP contribution in [0.4, 0.5) is 5.69 Å². The summed E-state index contributed by atoms with van der Waals surface area (Å²) in [6.07, 6.45) is 1.49. The van der Waals surface area contributed by atoms with Crippen LogP contribution in [0.25, 0.3) is 0 Å². The Kier molecular flexibility index (Phi) is 7.63. The van der Waals surface area contributed by atoms with Gasteiger partial charge >= 0.3 is 0 Å². The Morgan fingerprint density at radius 3 is 2.38 bits per heavy atom. The number of nitrogens with one attached hydrogen (secondary N) is 1. The molecule has 128 valence electrons. The molecule has 2 aromatic carbocycles. The van der Waals surface area contributed by atoms with Crippen LogP contribution >= 0.6 is 23.4 Å². The van der Waals surface area contributed by atoms with E-state index in [0.717, 1.165) is 34.3 Å². The van der Waals surface area contributed by atoms with E-state index in [4.69, 9.17) is 11.6 Å². The molecule has 5 heteroatoms. The van der Waals surface area contributed by atoms with Crippen LogP contribution in [0.2, 0.25) is 5.02 Å². The van der Waals surface area contributed by atoms with Gasteiger partial charge in [-0.1, -0.05) is 23.7 Å². The minimum Gasteiger partial charge on any atom is -0.326 e. The molecule has 1 N–H and O–H groups in total. The van der Waals surface area contributed by atoms with Crippen molar-refractivity contribution in [1.82, 2.24) is 4.90 Å². The summed E-state index contributed by atoms with van der Waals surface area (Å²) in [7, 11) is 4.13. The van der Waals surface area contributed by atoms with Crippen LogP contribution < -0.4 is 5.32 Å². The molecule has 0 aliphatic heterocycles. The van der Waals surface area contributed by atoms with Crippen LogP contribution in [0.5, 0.6) is 0 Å². The predicted molar refractivity (Wildman–Crippen MR) is 104 cm³/mol. The minimum atomic E-state index is 0.0394. The van der Waals surface area contributed by atoms with E-state index in [0.29, 0.717) is 6.42 Å². The van der Waals surface area contributed by atoms with E-state index in [1.54, 1.807) is 11.8 Å². The first-order chi connectivity index (χ1) is 11.5. The highest BCUT2D eigenvalue weighted by Crippen LogP contribution is 2.21. The fraction of sp³-hybridized carbons (Fsp3) is 0.316. The largest absolute Gasteiger partial charge is 0.326 e. The van der Waals surface area contributed by atoms with Gasteiger partial charge in [0.15, 0.2) is 0 Å². The number of amides is 1. The van der Waals surface area contributed by atoms with Crippen molar-refractivity contribution in [3.63, 3.8) is 0 Å². The summed E-state index contributed by atoms with van der Waals surface area (Å²) in [5.41, 5.74) is 2.13. The average molecular weight is 363 g/mol. The van der Waals surface area contributed by atoms with Gasteiger partial charge in [0, 0.05) is 34.3 Å². The minimum absolute atomic E-state index is 0.0394. The molecular weight excluding hydrogens is 340 g/mol. The molecule has 0 aliphatic rings. The third-order valence-corrected chi connectivity index (χ3v) is 4.76. The topological polar surface area (TPSA) is 32.3 Å². The Morgan fingerprint density at radius 2 is 1.75 bits per heavy atom. The Hall–Kier alpha value is -1.49. The molecule has 0 aromatic heterocycles. The van der Waals surface area contributed by atoms with E-state index in [9.17, 15) is 4.79 Å². The maximum atomic E-state index is 12.0. The number of anilines is 1. The molecule has 2 rings (SSSR count). The normalized spacial score (nSPS) is 10.8. The summed E-state index contributed by atoms with van der Waals surface area (Å²) in [6, 6.07) is 15.7. The maximum absolute atomic E-state index is 12.0. The van der Waals surface area contributed by atoms with Crippen molar-refractivity contribution in [3.8, 4) is 0 Å². The number of likely N-dealkylation sites (N-methyl/N-ethyl adjacent to an activating group) is 1. The number of halogens is 1. The van der Waals surface area contributed by atoms with Gasteiger partial charge in [-0.25, -0.2) is 0 Å². The Balaban J connectivity index is 1.72. The second kappa shape index (κ2) is 9.72. The second-order valence-corrected chi connectivity index (χ2v) is 7.46. The standard InChI is InChI=1S/C19H23ClN2OS/c1-22(2)13-11-15-3-7-17(8-4-15)21-19(23)12-14-24-18-9-5-16(20)6-10-18/h3-10H,11-14H2,1-2H3,(H,21,23). The van der Waals surface area contributed by atoms with Crippen LogP contribution in [0.3, 0.4) is 0 Å². The fourth-order valence-corrected chi connectivity index (χ4v) is 3.10. The van der Waals surface area contributed by atoms with E-state index in [-0.39, 0.29) is 5.91 Å². The molecule has 0 heterocycles. The Labute approximate surface area is 153 Å². The summed E-state index contributed by atoms with van der Waals surface area (Å²) in [5, 5.41) is 3.67. The maximum Gasteiger partial charge on any atom is 0.225 e. The number of hydrogen-bond donors (Lipinski definition) is 1. The Morgan fingerprint density at radius 1 is 1.08 bits per heavy atom. The van der Waals surface area contributed by atoms with Gasteiger partial charge in [-0.3, -0.25) is 4.79 Å². The van der Waals surface area contributed by atoms with Crippen LogP contribution in [-0.2, 0) is 11.2 Å². The lowest BCUT2D eigenvalue weighted by molar-refractivity contribution is -0.115. The third-order valence-electron chi connectivity index (χ3n) is 3.50. The van der Waals surface area contributed by atoms with Crippen LogP contribution in [0.15, 0.2) is 53.4 Å². The van der Waals surface area contributed by atoms with Crippen molar-refractivity contribution < 1.29 is 4.79 Å². The van der Waals surface area contributed by atoms with Crippen LogP contribution in [-0.4, -0.2) is 37.2 Å². The van der Waals surface area contributed by atoms with E-state index >= 15 is 0 Å². The van der Waals surface area contributed by atoms with Gasteiger partial charge in [-0.05, 0) is 62.5 Å². The van der Waals surface area contributed by atoms with E-state index < -0.39 is 0 Å². The third kappa shape index (κ3) is 6.95. The molecule has 24 heavy (non-hydrogen) atoms. The van der Waals surface area contributed by atoms with Gasteiger partial charge in [-0.2, -0.15) is 0 Å². The number of rotatable bonds is 8. The summed E-state index contributed by atoms with van der Waals surface area (Å²) >= 11 is 7.51. The molecule has 0 bridgehead atoms. The number of nitrogens with zero attached hydrogens (tertiary/aromatic N) is 1. The van der Waals surface area contributed by atoms with Crippen molar-refractivity contribution in [2.75, 3.05) is 31.7 Å². The highest BCUT2D eigenvalue weighted by molar-refractivity contribution is 7.99. The molecule has 0 aliphatic carbocycles. The number of carbonyl (C=O) groups is 1. The summed E-state index contributed by atoms with van der Waals surface area (Å²) < 4.78 is 0. The zero-order chi connectivity index (χ0) is 17.4. The monoisotopic (exact) mass is 362 g/mol. The zero-order valence-corrected chi connectivity index (χ0v) is 15.7. The number of benzene rings is 2. The van der Waals surface area contributed by atoms with Crippen molar-refractivity contribution in [1.29, 1.82) is 0 Å². The molecule has 0 unspecified atom stereocenters. The molecule has 0 radical (unpaired) electrons. The van der Waals surface area contributed by atoms with Crippen molar-refractivity contribution in [2.24, 2.45) is 0 Å². The number of thioether (sulfide) groups is 1.